The molecule has 1 N–H and O–H groups in total. The van der Waals surface area contributed by atoms with Gasteiger partial charge in [0.15, 0.2) is 0 Å². The van der Waals surface area contributed by atoms with Gasteiger partial charge in [-0.3, -0.25) is 4.79 Å². The van der Waals surface area contributed by atoms with Crippen molar-refractivity contribution in [2.75, 3.05) is 0 Å². The molecule has 100 valence electrons. The molecule has 0 amide bonds. The van der Waals surface area contributed by atoms with Crippen LogP contribution in [0.1, 0.15) is 11.1 Å². The number of benzene rings is 2. The zero-order valence-electron chi connectivity index (χ0n) is 11.3. The summed E-state index contributed by atoms with van der Waals surface area (Å²) in [4.78, 5) is 27.5. The topological polar surface area (TPSA) is 54.9 Å². The third-order valence-corrected chi connectivity index (χ3v) is 3.31. The van der Waals surface area contributed by atoms with Crippen LogP contribution in [0, 0.1) is 13.8 Å². The number of nitrogens with zero attached hydrogens (tertiary/aromatic N) is 1. The van der Waals surface area contributed by atoms with E-state index >= 15 is 0 Å². The number of hydrogen-bond donors (Lipinski definition) is 1. The number of H-pyrrole nitrogens is 1. The normalized spacial score (nSPS) is 10.9. The fourth-order valence-corrected chi connectivity index (χ4v) is 2.33. The van der Waals surface area contributed by atoms with Gasteiger partial charge in [0.2, 0.25) is 0 Å². The van der Waals surface area contributed by atoms with Gasteiger partial charge in [0.1, 0.15) is 0 Å². The van der Waals surface area contributed by atoms with Crippen molar-refractivity contribution in [2.45, 2.75) is 13.8 Å². The molecule has 0 aliphatic carbocycles. The molecule has 0 unspecified atom stereocenters. The lowest BCUT2D eigenvalue weighted by atomic mass is 10.1. The third-order valence-electron chi connectivity index (χ3n) is 3.31. The van der Waals surface area contributed by atoms with Crippen LogP contribution >= 0.6 is 0 Å². The molecule has 0 saturated carbocycles. The van der Waals surface area contributed by atoms with Crippen LogP contribution in [0.5, 0.6) is 0 Å². The van der Waals surface area contributed by atoms with Crippen molar-refractivity contribution < 1.29 is 0 Å². The van der Waals surface area contributed by atoms with E-state index in [2.05, 4.69) is 4.98 Å². The SMILES string of the molecule is Cc1cccc(-n2c(=O)[nH]c3ccc(C)cc3c2=O)c1. The molecule has 0 spiro atoms. The second-order valence-corrected chi connectivity index (χ2v) is 4.96. The molecule has 20 heavy (non-hydrogen) atoms. The Kier molecular flexibility index (Phi) is 2.79. The van der Waals surface area contributed by atoms with Crippen LogP contribution in [-0.4, -0.2) is 9.55 Å². The van der Waals surface area contributed by atoms with Crippen molar-refractivity contribution in [1.29, 1.82) is 0 Å². The number of rotatable bonds is 1. The van der Waals surface area contributed by atoms with E-state index < -0.39 is 5.69 Å². The first-order valence-electron chi connectivity index (χ1n) is 6.39. The number of nitrogens with one attached hydrogen (secondary N) is 1. The van der Waals surface area contributed by atoms with Gasteiger partial charge in [0.05, 0.1) is 16.6 Å². The molecule has 0 aliphatic heterocycles. The minimum absolute atomic E-state index is 0.293. The summed E-state index contributed by atoms with van der Waals surface area (Å²) in [6, 6.07) is 12.7. The van der Waals surface area contributed by atoms with Gasteiger partial charge in [-0.2, -0.15) is 0 Å². The summed E-state index contributed by atoms with van der Waals surface area (Å²) in [5.41, 5.74) is 2.42. The lowest BCUT2D eigenvalue weighted by Gasteiger charge is -2.07. The van der Waals surface area contributed by atoms with Gasteiger partial charge in [-0.1, -0.05) is 23.8 Å². The highest BCUT2D eigenvalue weighted by molar-refractivity contribution is 5.78. The maximum absolute atomic E-state index is 12.6. The van der Waals surface area contributed by atoms with Crippen LogP contribution in [0.4, 0.5) is 0 Å². The van der Waals surface area contributed by atoms with Crippen molar-refractivity contribution in [3.63, 3.8) is 0 Å². The van der Waals surface area contributed by atoms with Crippen LogP contribution in [0.2, 0.25) is 0 Å². The Hall–Kier alpha value is -2.62. The molecule has 0 saturated heterocycles. The minimum Gasteiger partial charge on any atom is -0.306 e. The zero-order chi connectivity index (χ0) is 14.3. The van der Waals surface area contributed by atoms with Crippen LogP contribution in [0.15, 0.2) is 52.1 Å². The Morgan fingerprint density at radius 3 is 2.45 bits per heavy atom. The van der Waals surface area contributed by atoms with E-state index in [1.165, 1.54) is 4.57 Å². The van der Waals surface area contributed by atoms with Gasteiger partial charge in [0, 0.05) is 0 Å². The Morgan fingerprint density at radius 2 is 1.70 bits per heavy atom. The van der Waals surface area contributed by atoms with Crippen molar-refractivity contribution in [3.05, 3.63) is 74.4 Å². The molecule has 0 fully saturated rings. The molecule has 0 atom stereocenters. The number of aromatic nitrogens is 2. The first kappa shape index (κ1) is 12.4. The van der Waals surface area contributed by atoms with Gasteiger partial charge >= 0.3 is 5.69 Å². The molecule has 3 aromatic rings. The highest BCUT2D eigenvalue weighted by Crippen LogP contribution is 2.10. The summed E-state index contributed by atoms with van der Waals surface area (Å²) in [5, 5.41) is 0.520. The van der Waals surface area contributed by atoms with E-state index in [0.29, 0.717) is 16.6 Å². The van der Waals surface area contributed by atoms with Crippen molar-refractivity contribution in [1.82, 2.24) is 9.55 Å². The van der Waals surface area contributed by atoms with Crippen LogP contribution in [-0.2, 0) is 0 Å². The van der Waals surface area contributed by atoms with E-state index in [9.17, 15) is 9.59 Å². The van der Waals surface area contributed by atoms with Crippen LogP contribution in [0.25, 0.3) is 16.6 Å². The molecule has 1 aromatic heterocycles. The molecule has 0 bridgehead atoms. The number of fused-ring (bicyclic) bond motifs is 1. The summed E-state index contributed by atoms with van der Waals surface area (Å²) in [6.45, 7) is 3.84. The smallest absolute Gasteiger partial charge is 0.306 e. The molecule has 4 heteroatoms. The maximum atomic E-state index is 12.6. The highest BCUT2D eigenvalue weighted by Gasteiger charge is 2.09. The predicted molar refractivity (Wildman–Crippen MR) is 79.6 cm³/mol. The molecule has 0 radical (unpaired) electrons. The first-order chi connectivity index (χ1) is 9.56. The van der Waals surface area contributed by atoms with Crippen LogP contribution < -0.4 is 11.2 Å². The average molecular weight is 266 g/mol. The van der Waals surface area contributed by atoms with Gasteiger partial charge in [-0.05, 0) is 43.7 Å². The van der Waals surface area contributed by atoms with Gasteiger partial charge in [-0.25, -0.2) is 9.36 Å². The molecular weight excluding hydrogens is 252 g/mol. The Balaban J connectivity index is 2.42. The second-order valence-electron chi connectivity index (χ2n) is 4.96. The Morgan fingerprint density at radius 1 is 0.950 bits per heavy atom. The summed E-state index contributed by atoms with van der Waals surface area (Å²) in [6.07, 6.45) is 0. The standard InChI is InChI=1S/C16H14N2O2/c1-10-4-3-5-12(8-10)18-15(19)13-9-11(2)6-7-14(13)17-16(18)20/h3-9H,1-2H3,(H,17,20). The molecule has 4 nitrogen and oxygen atoms in total. The number of hydrogen-bond acceptors (Lipinski definition) is 2. The molecule has 0 aliphatic rings. The maximum Gasteiger partial charge on any atom is 0.333 e. The number of aryl methyl sites for hydroxylation is 2. The van der Waals surface area contributed by atoms with Gasteiger partial charge in [0.25, 0.3) is 5.56 Å². The van der Waals surface area contributed by atoms with E-state index in [4.69, 9.17) is 0 Å². The lowest BCUT2D eigenvalue weighted by molar-refractivity contribution is 0.899. The van der Waals surface area contributed by atoms with Crippen molar-refractivity contribution in [2.24, 2.45) is 0 Å². The molecule has 2 aromatic carbocycles. The molecular formula is C16H14N2O2. The average Bonchev–Trinajstić information content (AvgIpc) is 2.40. The first-order valence-corrected chi connectivity index (χ1v) is 6.39. The summed E-state index contributed by atoms with van der Waals surface area (Å²) in [5.74, 6) is 0. The molecule has 3 rings (SSSR count). The monoisotopic (exact) mass is 266 g/mol. The van der Waals surface area contributed by atoms with Gasteiger partial charge < -0.3 is 4.98 Å². The summed E-state index contributed by atoms with van der Waals surface area (Å²) in [7, 11) is 0. The fraction of sp³-hybridized carbons (Fsp3) is 0.125. The zero-order valence-corrected chi connectivity index (χ0v) is 11.3. The predicted octanol–water partition coefficient (Wildman–Crippen LogP) is 2.30. The Bertz CT molecular complexity index is 920. The van der Waals surface area contributed by atoms with E-state index in [-0.39, 0.29) is 5.56 Å². The van der Waals surface area contributed by atoms with E-state index in [1.807, 2.05) is 38.1 Å². The van der Waals surface area contributed by atoms with Crippen LogP contribution in [0.3, 0.4) is 0 Å². The molecule has 1 heterocycles. The van der Waals surface area contributed by atoms with Gasteiger partial charge in [-0.15, -0.1) is 0 Å². The van der Waals surface area contributed by atoms with E-state index in [1.54, 1.807) is 18.2 Å². The highest BCUT2D eigenvalue weighted by atomic mass is 16.2. The largest absolute Gasteiger partial charge is 0.333 e. The van der Waals surface area contributed by atoms with Crippen molar-refractivity contribution in [3.8, 4) is 5.69 Å². The quantitative estimate of drug-likeness (QED) is 0.734. The van der Waals surface area contributed by atoms with E-state index in [0.717, 1.165) is 11.1 Å². The third kappa shape index (κ3) is 1.95. The second kappa shape index (κ2) is 4.49. The fourth-order valence-electron chi connectivity index (χ4n) is 2.33. The minimum atomic E-state index is -0.419. The number of aromatic amines is 1. The Labute approximate surface area is 115 Å². The van der Waals surface area contributed by atoms with Crippen molar-refractivity contribution >= 4 is 10.9 Å². The summed E-state index contributed by atoms with van der Waals surface area (Å²) >= 11 is 0. The summed E-state index contributed by atoms with van der Waals surface area (Å²) < 4.78 is 1.18. The lowest BCUT2D eigenvalue weighted by Crippen LogP contribution is -2.33.